The average Bonchev–Trinajstić information content (AvgIpc) is 3.17. The van der Waals surface area contributed by atoms with E-state index in [0.717, 1.165) is 12.8 Å². The highest BCUT2D eigenvalue weighted by atomic mass is 16.3. The van der Waals surface area contributed by atoms with E-state index in [1.165, 1.54) is 12.3 Å². The molecule has 1 aliphatic rings. The van der Waals surface area contributed by atoms with Crippen LogP contribution in [0, 0.1) is 0 Å². The maximum atomic E-state index is 12.1. The molecule has 2 amide bonds. The van der Waals surface area contributed by atoms with Crippen molar-refractivity contribution in [1.82, 2.24) is 5.32 Å². The number of para-hydroxylation sites is 1. The highest BCUT2D eigenvalue weighted by molar-refractivity contribution is 6.07. The predicted molar refractivity (Wildman–Crippen MR) is 83.3 cm³/mol. The summed E-state index contributed by atoms with van der Waals surface area (Å²) in [5.74, 6) is 0.117. The van der Waals surface area contributed by atoms with Crippen LogP contribution in [0.25, 0.3) is 6.08 Å². The average molecular weight is 296 g/mol. The molecule has 1 fully saturated rings. The topological polar surface area (TPSA) is 71.3 Å². The maximum Gasteiger partial charge on any atom is 0.253 e. The lowest BCUT2D eigenvalue weighted by atomic mass is 10.1. The molecule has 0 saturated heterocycles. The van der Waals surface area contributed by atoms with Gasteiger partial charge in [-0.3, -0.25) is 9.59 Å². The minimum absolute atomic E-state index is 0.159. The van der Waals surface area contributed by atoms with Crippen molar-refractivity contribution in [2.45, 2.75) is 18.9 Å². The normalized spacial score (nSPS) is 14.0. The van der Waals surface area contributed by atoms with Crippen molar-refractivity contribution in [2.24, 2.45) is 0 Å². The van der Waals surface area contributed by atoms with Gasteiger partial charge in [-0.1, -0.05) is 12.1 Å². The van der Waals surface area contributed by atoms with E-state index >= 15 is 0 Å². The van der Waals surface area contributed by atoms with Gasteiger partial charge in [0.25, 0.3) is 5.91 Å². The molecule has 1 heterocycles. The van der Waals surface area contributed by atoms with Crippen LogP contribution in [0.15, 0.2) is 53.2 Å². The van der Waals surface area contributed by atoms with Crippen LogP contribution in [0.2, 0.25) is 0 Å². The molecule has 112 valence electrons. The van der Waals surface area contributed by atoms with E-state index in [-0.39, 0.29) is 17.9 Å². The Hall–Kier alpha value is -2.82. The van der Waals surface area contributed by atoms with Gasteiger partial charge in [0.1, 0.15) is 5.76 Å². The lowest BCUT2D eigenvalue weighted by molar-refractivity contribution is -0.111. The molecule has 0 aliphatic heterocycles. The first-order valence-corrected chi connectivity index (χ1v) is 7.15. The molecule has 1 saturated carbocycles. The van der Waals surface area contributed by atoms with E-state index in [9.17, 15) is 9.59 Å². The second-order valence-electron chi connectivity index (χ2n) is 5.13. The number of hydrogen-bond donors (Lipinski definition) is 2. The van der Waals surface area contributed by atoms with Crippen LogP contribution >= 0.6 is 0 Å². The third kappa shape index (κ3) is 3.63. The first-order chi connectivity index (χ1) is 10.7. The van der Waals surface area contributed by atoms with Gasteiger partial charge in [-0.05, 0) is 43.2 Å². The summed E-state index contributed by atoms with van der Waals surface area (Å²) in [5, 5.41) is 5.63. The number of hydrogen-bond acceptors (Lipinski definition) is 3. The Labute approximate surface area is 128 Å². The molecular weight excluding hydrogens is 280 g/mol. The van der Waals surface area contributed by atoms with E-state index in [1.807, 2.05) is 0 Å². The number of rotatable bonds is 5. The predicted octanol–water partition coefficient (Wildman–Crippen LogP) is 2.82. The summed E-state index contributed by atoms with van der Waals surface area (Å²) in [6.07, 6.45) is 6.52. The molecule has 5 heteroatoms. The molecule has 2 aromatic rings. The fraction of sp³-hybridized carbons (Fsp3) is 0.176. The van der Waals surface area contributed by atoms with E-state index in [0.29, 0.717) is 17.0 Å². The van der Waals surface area contributed by atoms with Gasteiger partial charge in [0, 0.05) is 12.1 Å². The summed E-state index contributed by atoms with van der Waals surface area (Å²) in [7, 11) is 0. The lowest BCUT2D eigenvalue weighted by Gasteiger charge is -2.09. The van der Waals surface area contributed by atoms with Gasteiger partial charge in [-0.2, -0.15) is 0 Å². The smallest absolute Gasteiger partial charge is 0.253 e. The van der Waals surface area contributed by atoms with Gasteiger partial charge in [-0.25, -0.2) is 0 Å². The fourth-order valence-electron chi connectivity index (χ4n) is 2.00. The third-order valence-electron chi connectivity index (χ3n) is 3.28. The van der Waals surface area contributed by atoms with Gasteiger partial charge >= 0.3 is 0 Å². The SMILES string of the molecule is O=C(C=Cc1ccco1)Nc1ccccc1C(=O)NC1CC1. The molecule has 5 nitrogen and oxygen atoms in total. The van der Waals surface area contributed by atoms with Gasteiger partial charge in [-0.15, -0.1) is 0 Å². The number of benzene rings is 1. The summed E-state index contributed by atoms with van der Waals surface area (Å²) >= 11 is 0. The Morgan fingerprint density at radius 1 is 1.14 bits per heavy atom. The standard InChI is InChI=1S/C17H16N2O3/c20-16(10-9-13-4-3-11-22-13)19-15-6-2-1-5-14(15)17(21)18-12-7-8-12/h1-6,9-12H,7-8H2,(H,18,21)(H,19,20). The monoisotopic (exact) mass is 296 g/mol. The second kappa shape index (κ2) is 6.30. The van der Waals surface area contributed by atoms with Crippen molar-refractivity contribution in [3.8, 4) is 0 Å². The Kier molecular flexibility index (Phi) is 4.05. The van der Waals surface area contributed by atoms with Crippen LogP contribution in [0.3, 0.4) is 0 Å². The van der Waals surface area contributed by atoms with Crippen molar-refractivity contribution in [1.29, 1.82) is 0 Å². The number of carbonyl (C=O) groups is 2. The fourth-order valence-corrected chi connectivity index (χ4v) is 2.00. The van der Waals surface area contributed by atoms with Gasteiger partial charge < -0.3 is 15.1 Å². The summed E-state index contributed by atoms with van der Waals surface area (Å²) in [6, 6.07) is 10.7. The summed E-state index contributed by atoms with van der Waals surface area (Å²) < 4.78 is 5.12. The van der Waals surface area contributed by atoms with Crippen LogP contribution in [0.1, 0.15) is 29.0 Å². The van der Waals surface area contributed by atoms with Gasteiger partial charge in [0.2, 0.25) is 5.91 Å². The van der Waals surface area contributed by atoms with Crippen molar-refractivity contribution in [3.63, 3.8) is 0 Å². The molecule has 1 aromatic carbocycles. The van der Waals surface area contributed by atoms with Crippen LogP contribution in [-0.2, 0) is 4.79 Å². The molecule has 1 aliphatic carbocycles. The Bertz CT molecular complexity index is 700. The third-order valence-corrected chi connectivity index (χ3v) is 3.28. The zero-order chi connectivity index (χ0) is 15.4. The quantitative estimate of drug-likeness (QED) is 0.833. The molecule has 0 unspecified atom stereocenters. The van der Waals surface area contributed by atoms with Crippen LogP contribution in [-0.4, -0.2) is 17.9 Å². The van der Waals surface area contributed by atoms with Crippen molar-refractivity contribution in [3.05, 3.63) is 60.1 Å². The van der Waals surface area contributed by atoms with Crippen LogP contribution in [0.4, 0.5) is 5.69 Å². The zero-order valence-electron chi connectivity index (χ0n) is 11.9. The van der Waals surface area contributed by atoms with Gasteiger partial charge in [0.15, 0.2) is 0 Å². The molecule has 0 bridgehead atoms. The second-order valence-corrected chi connectivity index (χ2v) is 5.13. The van der Waals surface area contributed by atoms with Crippen molar-refractivity contribution in [2.75, 3.05) is 5.32 Å². The van der Waals surface area contributed by atoms with E-state index < -0.39 is 0 Å². The molecular formula is C17H16N2O3. The zero-order valence-corrected chi connectivity index (χ0v) is 11.9. The highest BCUT2D eigenvalue weighted by Crippen LogP contribution is 2.21. The van der Waals surface area contributed by atoms with Crippen LogP contribution < -0.4 is 10.6 Å². The molecule has 2 N–H and O–H groups in total. The van der Waals surface area contributed by atoms with E-state index in [1.54, 1.807) is 42.5 Å². The molecule has 22 heavy (non-hydrogen) atoms. The first kappa shape index (κ1) is 14.1. The van der Waals surface area contributed by atoms with Crippen molar-refractivity contribution < 1.29 is 14.0 Å². The molecule has 1 aromatic heterocycles. The van der Waals surface area contributed by atoms with E-state index in [4.69, 9.17) is 4.42 Å². The summed E-state index contributed by atoms with van der Waals surface area (Å²) in [6.45, 7) is 0. The number of furan rings is 1. The Morgan fingerprint density at radius 2 is 1.95 bits per heavy atom. The highest BCUT2D eigenvalue weighted by Gasteiger charge is 2.24. The molecule has 0 spiro atoms. The molecule has 0 radical (unpaired) electrons. The van der Waals surface area contributed by atoms with Gasteiger partial charge in [0.05, 0.1) is 17.5 Å². The Morgan fingerprint density at radius 3 is 2.68 bits per heavy atom. The summed E-state index contributed by atoms with van der Waals surface area (Å²) in [5.41, 5.74) is 0.962. The first-order valence-electron chi connectivity index (χ1n) is 7.15. The Balaban J connectivity index is 1.68. The summed E-state index contributed by atoms with van der Waals surface area (Å²) in [4.78, 5) is 24.1. The number of amides is 2. The number of anilines is 1. The van der Waals surface area contributed by atoms with Crippen molar-refractivity contribution >= 4 is 23.6 Å². The largest absolute Gasteiger partial charge is 0.465 e. The minimum Gasteiger partial charge on any atom is -0.465 e. The lowest BCUT2D eigenvalue weighted by Crippen LogP contribution is -2.26. The number of nitrogens with one attached hydrogen (secondary N) is 2. The molecule has 3 rings (SSSR count). The minimum atomic E-state index is -0.317. The number of carbonyl (C=O) groups excluding carboxylic acids is 2. The maximum absolute atomic E-state index is 12.1. The van der Waals surface area contributed by atoms with Crippen LogP contribution in [0.5, 0.6) is 0 Å². The molecule has 0 atom stereocenters. The van der Waals surface area contributed by atoms with E-state index in [2.05, 4.69) is 10.6 Å².